The number of nitrogens with two attached hydrogens (primary N) is 1. The zero-order valence-corrected chi connectivity index (χ0v) is 10.5. The molecular formula is C13H13FN2OS. The summed E-state index contributed by atoms with van der Waals surface area (Å²) in [6.45, 7) is 0.485. The maximum absolute atomic E-state index is 13.5. The summed E-state index contributed by atoms with van der Waals surface area (Å²) in [5.41, 5.74) is 6.92. The number of nitrogen functional groups attached to an aromatic ring is 1. The largest absolute Gasteiger partial charge is 0.399 e. The van der Waals surface area contributed by atoms with Crippen LogP contribution in [0.2, 0.25) is 0 Å². The zero-order valence-electron chi connectivity index (χ0n) is 9.65. The molecule has 0 fully saturated rings. The first kappa shape index (κ1) is 12.6. The Kier molecular flexibility index (Phi) is 3.94. The highest BCUT2D eigenvalue weighted by Gasteiger charge is 2.10. The lowest BCUT2D eigenvalue weighted by atomic mass is 10.1. The van der Waals surface area contributed by atoms with Crippen LogP contribution in [0.4, 0.5) is 10.1 Å². The molecule has 0 unspecified atom stereocenters. The van der Waals surface area contributed by atoms with Gasteiger partial charge in [-0.2, -0.15) is 11.3 Å². The van der Waals surface area contributed by atoms with Crippen molar-refractivity contribution < 1.29 is 9.18 Å². The molecule has 0 aliphatic heterocycles. The quantitative estimate of drug-likeness (QED) is 0.833. The molecule has 3 nitrogen and oxygen atoms in total. The van der Waals surface area contributed by atoms with Gasteiger partial charge in [0.05, 0.1) is 5.56 Å². The minimum Gasteiger partial charge on any atom is -0.399 e. The van der Waals surface area contributed by atoms with Crippen molar-refractivity contribution in [2.45, 2.75) is 6.42 Å². The predicted molar refractivity (Wildman–Crippen MR) is 71.2 cm³/mol. The Bertz CT molecular complexity index is 540. The molecular weight excluding hydrogens is 251 g/mol. The SMILES string of the molecule is Nc1ccc(C(=O)NCCc2ccsc2)c(F)c1. The summed E-state index contributed by atoms with van der Waals surface area (Å²) in [5, 5.41) is 6.69. The molecule has 1 aromatic carbocycles. The van der Waals surface area contributed by atoms with E-state index in [1.807, 2.05) is 16.8 Å². The average Bonchev–Trinajstić information content (AvgIpc) is 2.81. The maximum atomic E-state index is 13.5. The van der Waals surface area contributed by atoms with Gasteiger partial charge < -0.3 is 11.1 Å². The van der Waals surface area contributed by atoms with E-state index in [1.165, 1.54) is 12.1 Å². The van der Waals surface area contributed by atoms with Crippen LogP contribution in [0.25, 0.3) is 0 Å². The molecule has 0 atom stereocenters. The summed E-state index contributed by atoms with van der Waals surface area (Å²) in [6.07, 6.45) is 0.742. The first-order valence-corrected chi connectivity index (χ1v) is 6.45. The number of rotatable bonds is 4. The van der Waals surface area contributed by atoms with Crippen molar-refractivity contribution in [3.63, 3.8) is 0 Å². The van der Waals surface area contributed by atoms with Crippen LogP contribution in [0.5, 0.6) is 0 Å². The Hall–Kier alpha value is -1.88. The topological polar surface area (TPSA) is 55.1 Å². The zero-order chi connectivity index (χ0) is 13.0. The predicted octanol–water partition coefficient (Wildman–Crippen LogP) is 2.44. The fraction of sp³-hybridized carbons (Fsp3) is 0.154. The van der Waals surface area contributed by atoms with Gasteiger partial charge in [-0.1, -0.05) is 0 Å². The van der Waals surface area contributed by atoms with E-state index >= 15 is 0 Å². The number of halogens is 1. The average molecular weight is 264 g/mol. The molecule has 94 valence electrons. The molecule has 3 N–H and O–H groups in total. The molecule has 2 rings (SSSR count). The van der Waals surface area contributed by atoms with Crippen molar-refractivity contribution >= 4 is 22.9 Å². The summed E-state index contributed by atoms with van der Waals surface area (Å²) in [6, 6.07) is 6.05. The van der Waals surface area contributed by atoms with E-state index in [0.717, 1.165) is 18.1 Å². The fourth-order valence-electron chi connectivity index (χ4n) is 1.57. The van der Waals surface area contributed by atoms with Gasteiger partial charge in [0, 0.05) is 12.2 Å². The van der Waals surface area contributed by atoms with Crippen molar-refractivity contribution in [2.24, 2.45) is 0 Å². The summed E-state index contributed by atoms with van der Waals surface area (Å²) >= 11 is 1.61. The molecule has 2 aromatic rings. The van der Waals surface area contributed by atoms with Gasteiger partial charge in [-0.15, -0.1) is 0 Å². The number of hydrogen-bond donors (Lipinski definition) is 2. The first-order valence-electron chi connectivity index (χ1n) is 5.51. The Labute approximate surface area is 108 Å². The molecule has 5 heteroatoms. The number of anilines is 1. The lowest BCUT2D eigenvalue weighted by molar-refractivity contribution is 0.0950. The summed E-state index contributed by atoms with van der Waals surface area (Å²) in [4.78, 5) is 11.7. The lowest BCUT2D eigenvalue weighted by Crippen LogP contribution is -2.26. The third-order valence-corrected chi connectivity index (χ3v) is 3.25. The Morgan fingerprint density at radius 3 is 2.89 bits per heavy atom. The summed E-state index contributed by atoms with van der Waals surface area (Å²) < 4.78 is 13.5. The Morgan fingerprint density at radius 1 is 1.39 bits per heavy atom. The second-order valence-electron chi connectivity index (χ2n) is 3.88. The smallest absolute Gasteiger partial charge is 0.254 e. The molecule has 0 aliphatic rings. The highest BCUT2D eigenvalue weighted by molar-refractivity contribution is 7.07. The summed E-state index contributed by atoms with van der Waals surface area (Å²) in [5.74, 6) is -1.01. The summed E-state index contributed by atoms with van der Waals surface area (Å²) in [7, 11) is 0. The van der Waals surface area contributed by atoms with Gasteiger partial charge in [-0.3, -0.25) is 4.79 Å². The van der Waals surface area contributed by atoms with Gasteiger partial charge in [0.2, 0.25) is 0 Å². The number of hydrogen-bond acceptors (Lipinski definition) is 3. The molecule has 1 aromatic heterocycles. The minimum atomic E-state index is -0.594. The molecule has 0 saturated carbocycles. The van der Waals surface area contributed by atoms with Crippen LogP contribution in [-0.2, 0) is 6.42 Å². The normalized spacial score (nSPS) is 10.3. The van der Waals surface area contributed by atoms with Crippen LogP contribution in [0, 0.1) is 5.82 Å². The molecule has 0 spiro atoms. The van der Waals surface area contributed by atoms with Crippen molar-refractivity contribution in [3.05, 3.63) is 52.0 Å². The van der Waals surface area contributed by atoms with Crippen molar-refractivity contribution in [2.75, 3.05) is 12.3 Å². The number of benzene rings is 1. The third-order valence-electron chi connectivity index (χ3n) is 2.52. The second kappa shape index (κ2) is 5.64. The van der Waals surface area contributed by atoms with E-state index in [9.17, 15) is 9.18 Å². The number of carbonyl (C=O) groups is 1. The van der Waals surface area contributed by atoms with Crippen molar-refractivity contribution in [1.82, 2.24) is 5.32 Å². The van der Waals surface area contributed by atoms with Gasteiger partial charge in [0.25, 0.3) is 5.91 Å². The van der Waals surface area contributed by atoms with Gasteiger partial charge in [-0.05, 0) is 47.0 Å². The number of nitrogens with one attached hydrogen (secondary N) is 1. The Morgan fingerprint density at radius 2 is 2.22 bits per heavy atom. The molecule has 18 heavy (non-hydrogen) atoms. The molecule has 1 heterocycles. The fourth-order valence-corrected chi connectivity index (χ4v) is 2.27. The van der Waals surface area contributed by atoms with Gasteiger partial charge in [-0.25, -0.2) is 4.39 Å². The highest BCUT2D eigenvalue weighted by atomic mass is 32.1. The van der Waals surface area contributed by atoms with Gasteiger partial charge in [0.1, 0.15) is 5.82 Å². The monoisotopic (exact) mass is 264 g/mol. The van der Waals surface area contributed by atoms with E-state index in [2.05, 4.69) is 5.32 Å². The maximum Gasteiger partial charge on any atom is 0.254 e. The Balaban J connectivity index is 1.91. The van der Waals surface area contributed by atoms with Crippen molar-refractivity contribution in [3.8, 4) is 0 Å². The van der Waals surface area contributed by atoms with Gasteiger partial charge in [0.15, 0.2) is 0 Å². The van der Waals surface area contributed by atoms with Crippen LogP contribution in [0.1, 0.15) is 15.9 Å². The van der Waals surface area contributed by atoms with E-state index in [1.54, 1.807) is 11.3 Å². The molecule has 1 amide bonds. The minimum absolute atomic E-state index is 0.0227. The third kappa shape index (κ3) is 3.07. The number of amides is 1. The van der Waals surface area contributed by atoms with Crippen molar-refractivity contribution in [1.29, 1.82) is 0 Å². The standard InChI is InChI=1S/C13H13FN2OS/c14-12-7-10(15)1-2-11(12)13(17)16-5-3-9-4-6-18-8-9/h1-2,4,6-8H,3,5,15H2,(H,16,17). The number of thiophene rings is 1. The van der Waals surface area contributed by atoms with Crippen LogP contribution in [0.15, 0.2) is 35.0 Å². The molecule has 0 saturated heterocycles. The van der Waals surface area contributed by atoms with E-state index in [0.29, 0.717) is 12.2 Å². The second-order valence-corrected chi connectivity index (χ2v) is 4.66. The van der Waals surface area contributed by atoms with Crippen LogP contribution in [-0.4, -0.2) is 12.5 Å². The van der Waals surface area contributed by atoms with Crippen LogP contribution >= 0.6 is 11.3 Å². The molecule has 0 radical (unpaired) electrons. The molecule has 0 bridgehead atoms. The number of carbonyl (C=O) groups excluding carboxylic acids is 1. The lowest BCUT2D eigenvalue weighted by Gasteiger charge is -2.06. The highest BCUT2D eigenvalue weighted by Crippen LogP contribution is 2.11. The van der Waals surface area contributed by atoms with Gasteiger partial charge >= 0.3 is 0 Å². The van der Waals surface area contributed by atoms with E-state index < -0.39 is 11.7 Å². The van der Waals surface area contributed by atoms with E-state index in [-0.39, 0.29) is 5.56 Å². The van der Waals surface area contributed by atoms with Crippen LogP contribution in [0.3, 0.4) is 0 Å². The van der Waals surface area contributed by atoms with Crippen LogP contribution < -0.4 is 11.1 Å². The first-order chi connectivity index (χ1) is 8.66. The van der Waals surface area contributed by atoms with E-state index in [4.69, 9.17) is 5.73 Å². The molecule has 0 aliphatic carbocycles.